The van der Waals surface area contributed by atoms with Crippen molar-refractivity contribution in [3.8, 4) is 0 Å². The van der Waals surface area contributed by atoms with Crippen molar-refractivity contribution in [1.82, 2.24) is 0 Å². The lowest BCUT2D eigenvalue weighted by atomic mass is 9.92. The molecule has 0 bridgehead atoms. The van der Waals surface area contributed by atoms with E-state index in [1.54, 1.807) is 13.0 Å². The van der Waals surface area contributed by atoms with Crippen molar-refractivity contribution in [3.63, 3.8) is 0 Å². The standard InChI is InChI=1S/C12H15NO2/c1-12(15,9-5-8-11(13)14)10-6-3-2-4-7-10/h2-8,15H,9H2,1H3,(H2,13,14)/b8-5-/t12-/m0/s1. The lowest BCUT2D eigenvalue weighted by Crippen LogP contribution is -2.20. The van der Waals surface area contributed by atoms with Crippen molar-refractivity contribution in [2.45, 2.75) is 18.9 Å². The maximum Gasteiger partial charge on any atom is 0.241 e. The zero-order chi connectivity index (χ0) is 11.3. The van der Waals surface area contributed by atoms with Crippen LogP contribution in [-0.2, 0) is 10.4 Å². The first kappa shape index (κ1) is 11.5. The van der Waals surface area contributed by atoms with E-state index in [0.717, 1.165) is 5.56 Å². The highest BCUT2D eigenvalue weighted by Gasteiger charge is 2.20. The van der Waals surface area contributed by atoms with Crippen molar-refractivity contribution in [3.05, 3.63) is 48.0 Å². The minimum absolute atomic E-state index is 0.361. The van der Waals surface area contributed by atoms with Gasteiger partial charge in [-0.25, -0.2) is 0 Å². The Bertz CT molecular complexity index is 355. The Labute approximate surface area is 89.2 Å². The quantitative estimate of drug-likeness (QED) is 0.728. The molecule has 0 saturated carbocycles. The topological polar surface area (TPSA) is 63.3 Å². The van der Waals surface area contributed by atoms with E-state index < -0.39 is 11.5 Å². The largest absolute Gasteiger partial charge is 0.385 e. The van der Waals surface area contributed by atoms with E-state index in [9.17, 15) is 9.90 Å². The van der Waals surface area contributed by atoms with Crippen LogP contribution in [0.3, 0.4) is 0 Å². The highest BCUT2D eigenvalue weighted by molar-refractivity contribution is 5.85. The monoisotopic (exact) mass is 205 g/mol. The fraction of sp³-hybridized carbons (Fsp3) is 0.250. The number of hydrogen-bond acceptors (Lipinski definition) is 2. The summed E-state index contributed by atoms with van der Waals surface area (Å²) in [7, 11) is 0. The van der Waals surface area contributed by atoms with Crippen molar-refractivity contribution in [2.75, 3.05) is 0 Å². The first-order valence-electron chi connectivity index (χ1n) is 4.76. The highest BCUT2D eigenvalue weighted by atomic mass is 16.3. The number of primary amides is 1. The Morgan fingerprint density at radius 3 is 2.60 bits per heavy atom. The van der Waals surface area contributed by atoms with Crippen LogP contribution in [-0.4, -0.2) is 11.0 Å². The second-order valence-corrected chi connectivity index (χ2v) is 3.65. The molecule has 0 spiro atoms. The van der Waals surface area contributed by atoms with Gasteiger partial charge in [0.2, 0.25) is 5.91 Å². The zero-order valence-electron chi connectivity index (χ0n) is 8.68. The molecule has 0 aliphatic rings. The smallest absolute Gasteiger partial charge is 0.241 e. The maximum absolute atomic E-state index is 10.5. The zero-order valence-corrected chi connectivity index (χ0v) is 8.68. The summed E-state index contributed by atoms with van der Waals surface area (Å²) < 4.78 is 0. The van der Waals surface area contributed by atoms with Gasteiger partial charge in [-0.05, 0) is 25.0 Å². The van der Waals surface area contributed by atoms with E-state index in [1.165, 1.54) is 6.08 Å². The molecule has 0 aliphatic carbocycles. The van der Waals surface area contributed by atoms with Gasteiger partial charge in [-0.2, -0.15) is 0 Å². The summed E-state index contributed by atoms with van der Waals surface area (Å²) in [6, 6.07) is 9.30. The Morgan fingerprint density at radius 2 is 2.07 bits per heavy atom. The molecule has 3 N–H and O–H groups in total. The van der Waals surface area contributed by atoms with E-state index in [2.05, 4.69) is 0 Å². The van der Waals surface area contributed by atoms with Gasteiger partial charge in [0.1, 0.15) is 0 Å². The van der Waals surface area contributed by atoms with Gasteiger partial charge in [0.15, 0.2) is 0 Å². The van der Waals surface area contributed by atoms with E-state index in [4.69, 9.17) is 5.73 Å². The lowest BCUT2D eigenvalue weighted by molar-refractivity contribution is -0.113. The number of hydrogen-bond donors (Lipinski definition) is 2. The van der Waals surface area contributed by atoms with Crippen LogP contribution in [0.2, 0.25) is 0 Å². The SMILES string of the molecule is C[C@](O)(C/C=C\C(N)=O)c1ccccc1. The van der Waals surface area contributed by atoms with Crippen LogP contribution in [0.15, 0.2) is 42.5 Å². The van der Waals surface area contributed by atoms with Gasteiger partial charge in [0.25, 0.3) is 0 Å². The van der Waals surface area contributed by atoms with Gasteiger partial charge in [-0.3, -0.25) is 4.79 Å². The molecule has 80 valence electrons. The van der Waals surface area contributed by atoms with Crippen molar-refractivity contribution in [2.24, 2.45) is 5.73 Å². The van der Waals surface area contributed by atoms with Crippen LogP contribution >= 0.6 is 0 Å². The molecule has 1 aromatic carbocycles. The minimum Gasteiger partial charge on any atom is -0.385 e. The van der Waals surface area contributed by atoms with Gasteiger partial charge in [-0.1, -0.05) is 36.4 Å². The van der Waals surface area contributed by atoms with Crippen LogP contribution in [0.5, 0.6) is 0 Å². The highest BCUT2D eigenvalue weighted by Crippen LogP contribution is 2.24. The Balaban J connectivity index is 2.71. The maximum atomic E-state index is 10.5. The van der Waals surface area contributed by atoms with Crippen LogP contribution in [0.1, 0.15) is 18.9 Å². The molecule has 1 atom stereocenters. The van der Waals surface area contributed by atoms with Crippen LogP contribution in [0.4, 0.5) is 0 Å². The van der Waals surface area contributed by atoms with Crippen LogP contribution in [0.25, 0.3) is 0 Å². The summed E-state index contributed by atoms with van der Waals surface area (Å²) in [6.07, 6.45) is 3.20. The summed E-state index contributed by atoms with van der Waals surface area (Å²) in [5, 5.41) is 10.1. The third kappa shape index (κ3) is 3.56. The third-order valence-corrected chi connectivity index (χ3v) is 2.19. The molecule has 1 aromatic rings. The van der Waals surface area contributed by atoms with Crippen LogP contribution in [0, 0.1) is 0 Å². The van der Waals surface area contributed by atoms with Gasteiger partial charge in [-0.15, -0.1) is 0 Å². The van der Waals surface area contributed by atoms with Gasteiger partial charge >= 0.3 is 0 Å². The number of amides is 1. The van der Waals surface area contributed by atoms with Crippen LogP contribution < -0.4 is 5.73 Å². The summed E-state index contributed by atoms with van der Waals surface area (Å²) in [6.45, 7) is 1.70. The molecular formula is C12H15NO2. The predicted octanol–water partition coefficient (Wildman–Crippen LogP) is 1.33. The summed E-state index contributed by atoms with van der Waals surface area (Å²) >= 11 is 0. The Morgan fingerprint density at radius 1 is 1.47 bits per heavy atom. The first-order valence-corrected chi connectivity index (χ1v) is 4.76. The number of rotatable bonds is 4. The second kappa shape index (κ2) is 4.75. The van der Waals surface area contributed by atoms with Crippen molar-refractivity contribution < 1.29 is 9.90 Å². The molecule has 0 fully saturated rings. The number of carbonyl (C=O) groups excluding carboxylic acids is 1. The van der Waals surface area contributed by atoms with E-state index >= 15 is 0 Å². The number of benzene rings is 1. The molecule has 15 heavy (non-hydrogen) atoms. The molecule has 1 amide bonds. The fourth-order valence-corrected chi connectivity index (χ4v) is 1.32. The van der Waals surface area contributed by atoms with Gasteiger partial charge < -0.3 is 10.8 Å². The summed E-state index contributed by atoms with van der Waals surface area (Å²) in [4.78, 5) is 10.5. The van der Waals surface area contributed by atoms with Crippen molar-refractivity contribution in [1.29, 1.82) is 0 Å². The molecule has 0 saturated heterocycles. The van der Waals surface area contributed by atoms with Gasteiger partial charge in [0, 0.05) is 0 Å². The predicted molar refractivity (Wildman–Crippen MR) is 59.0 cm³/mol. The third-order valence-electron chi connectivity index (χ3n) is 2.19. The average Bonchev–Trinajstić information content (AvgIpc) is 2.18. The molecule has 1 rings (SSSR count). The molecule has 3 nitrogen and oxygen atoms in total. The number of carbonyl (C=O) groups is 1. The lowest BCUT2D eigenvalue weighted by Gasteiger charge is -2.21. The first-order chi connectivity index (χ1) is 7.02. The Kier molecular flexibility index (Phi) is 3.63. The van der Waals surface area contributed by atoms with E-state index in [0.29, 0.717) is 6.42 Å². The molecule has 0 aliphatic heterocycles. The molecule has 3 heteroatoms. The van der Waals surface area contributed by atoms with Gasteiger partial charge in [0.05, 0.1) is 5.60 Å². The minimum atomic E-state index is -0.965. The van der Waals surface area contributed by atoms with E-state index in [-0.39, 0.29) is 0 Å². The van der Waals surface area contributed by atoms with E-state index in [1.807, 2.05) is 30.3 Å². The second-order valence-electron chi connectivity index (χ2n) is 3.65. The number of aliphatic hydroxyl groups is 1. The molecule has 0 radical (unpaired) electrons. The summed E-state index contributed by atoms with van der Waals surface area (Å²) in [5.41, 5.74) is 4.81. The molecule has 0 aromatic heterocycles. The number of nitrogens with two attached hydrogens (primary N) is 1. The Hall–Kier alpha value is -1.61. The van der Waals surface area contributed by atoms with Crippen molar-refractivity contribution >= 4 is 5.91 Å². The molecular weight excluding hydrogens is 190 g/mol. The normalized spacial score (nSPS) is 15.1. The molecule has 0 unspecified atom stereocenters. The molecule has 0 heterocycles. The fourth-order valence-electron chi connectivity index (χ4n) is 1.32. The average molecular weight is 205 g/mol. The summed E-state index contributed by atoms with van der Waals surface area (Å²) in [5.74, 6) is -0.501.